The van der Waals surface area contributed by atoms with Crippen LogP contribution in [0.15, 0.2) is 41.4 Å². The van der Waals surface area contributed by atoms with Crippen LogP contribution < -0.4 is 15.4 Å². The Kier molecular flexibility index (Phi) is 5.16. The van der Waals surface area contributed by atoms with E-state index in [0.717, 1.165) is 6.07 Å². The molecular formula is C19H17F5N4O3S. The number of nitrogens with one attached hydrogen (secondary N) is 1. The summed E-state index contributed by atoms with van der Waals surface area (Å²) in [7, 11) is -4.08. The molecule has 2 bridgehead atoms. The molecule has 0 unspecified atom stereocenters. The Labute approximate surface area is 179 Å². The summed E-state index contributed by atoms with van der Waals surface area (Å²) in [6.45, 7) is -0.300. The molecule has 5 rings (SSSR count). The second-order valence-corrected chi connectivity index (χ2v) is 9.39. The number of hydrogen-bond donors (Lipinski definition) is 2. The number of benzene rings is 1. The molecule has 1 aromatic carbocycles. The average Bonchev–Trinajstić information content (AvgIpc) is 2.72. The van der Waals surface area contributed by atoms with Crippen LogP contribution in [0.1, 0.15) is 22.3 Å². The molecule has 3 fully saturated rings. The zero-order chi connectivity index (χ0) is 23.5. The van der Waals surface area contributed by atoms with E-state index in [1.54, 1.807) is 0 Å². The number of alkyl halides is 5. The van der Waals surface area contributed by atoms with Crippen LogP contribution in [0.25, 0.3) is 0 Å². The normalized spacial score (nSPS) is 22.2. The third-order valence-corrected chi connectivity index (χ3v) is 6.61. The number of piperidine rings is 2. The second kappa shape index (κ2) is 7.37. The molecule has 13 heteroatoms. The summed E-state index contributed by atoms with van der Waals surface area (Å²) < 4.78 is 90.5. The third kappa shape index (κ3) is 4.01. The fraction of sp³-hybridized carbons (Fsp3) is 0.368. The molecule has 0 radical (unpaired) electrons. The van der Waals surface area contributed by atoms with Gasteiger partial charge < -0.3 is 10.2 Å². The number of halogens is 5. The van der Waals surface area contributed by atoms with Crippen molar-refractivity contribution in [2.45, 2.75) is 23.4 Å². The van der Waals surface area contributed by atoms with Gasteiger partial charge in [-0.3, -0.25) is 4.79 Å². The van der Waals surface area contributed by atoms with Gasteiger partial charge in [0.2, 0.25) is 10.0 Å². The highest BCUT2D eigenvalue weighted by Gasteiger charge is 2.61. The number of pyridine rings is 1. The number of carbonyl (C=O) groups is 1. The van der Waals surface area contributed by atoms with Crippen LogP contribution in [0.5, 0.6) is 0 Å². The van der Waals surface area contributed by atoms with E-state index in [0.29, 0.717) is 18.7 Å². The Hall–Kier alpha value is -2.80. The number of amides is 1. The van der Waals surface area contributed by atoms with E-state index in [1.807, 2.05) is 0 Å². The van der Waals surface area contributed by atoms with Crippen molar-refractivity contribution in [3.05, 3.63) is 47.7 Å². The SMILES string of the molecule is NS(=O)(=O)c1cccc(NC(=O)c2cc(C(F)(F)F)cnc2N2C[C@H]3C[C@@H](C2)C3(F)F)c1. The van der Waals surface area contributed by atoms with E-state index in [-0.39, 0.29) is 29.5 Å². The van der Waals surface area contributed by atoms with Crippen molar-refractivity contribution in [3.63, 3.8) is 0 Å². The minimum Gasteiger partial charge on any atom is -0.355 e. The predicted molar refractivity (Wildman–Crippen MR) is 104 cm³/mol. The van der Waals surface area contributed by atoms with E-state index in [9.17, 15) is 35.2 Å². The van der Waals surface area contributed by atoms with Gasteiger partial charge in [-0.2, -0.15) is 13.2 Å². The van der Waals surface area contributed by atoms with E-state index >= 15 is 0 Å². The number of fused-ring (bicyclic) bond motifs is 2. The molecule has 32 heavy (non-hydrogen) atoms. The minimum absolute atomic E-state index is 0.0297. The molecule has 7 nitrogen and oxygen atoms in total. The highest BCUT2D eigenvalue weighted by molar-refractivity contribution is 7.89. The molecule has 172 valence electrons. The van der Waals surface area contributed by atoms with Crippen molar-refractivity contribution in [3.8, 4) is 0 Å². The smallest absolute Gasteiger partial charge is 0.355 e. The summed E-state index contributed by atoms with van der Waals surface area (Å²) in [5, 5.41) is 7.38. The Bertz CT molecular complexity index is 1170. The van der Waals surface area contributed by atoms with Gasteiger partial charge in [-0.1, -0.05) is 6.07 Å². The quantitative estimate of drug-likeness (QED) is 0.660. The fourth-order valence-corrected chi connectivity index (χ4v) is 4.54. The molecule has 1 saturated carbocycles. The number of aromatic nitrogens is 1. The van der Waals surface area contributed by atoms with Gasteiger partial charge in [-0.25, -0.2) is 27.3 Å². The molecule has 3 N–H and O–H groups in total. The topological polar surface area (TPSA) is 105 Å². The summed E-state index contributed by atoms with van der Waals surface area (Å²) in [4.78, 5) is 17.7. The molecule has 2 aliphatic heterocycles. The first-order valence-electron chi connectivity index (χ1n) is 9.41. The fourth-order valence-electron chi connectivity index (χ4n) is 3.98. The number of nitrogens with zero attached hydrogens (tertiary/aromatic N) is 2. The van der Waals surface area contributed by atoms with Gasteiger partial charge >= 0.3 is 6.18 Å². The van der Waals surface area contributed by atoms with Crippen molar-refractivity contribution in [2.75, 3.05) is 23.3 Å². The number of nitrogens with two attached hydrogens (primary N) is 1. The van der Waals surface area contributed by atoms with E-state index in [1.165, 1.54) is 23.1 Å². The van der Waals surface area contributed by atoms with E-state index in [2.05, 4.69) is 10.3 Å². The third-order valence-electron chi connectivity index (χ3n) is 5.70. The first-order valence-corrected chi connectivity index (χ1v) is 11.0. The zero-order valence-electron chi connectivity index (χ0n) is 16.2. The summed E-state index contributed by atoms with van der Waals surface area (Å²) in [5.41, 5.74) is -1.68. The molecule has 1 amide bonds. The van der Waals surface area contributed by atoms with E-state index < -0.39 is 51.0 Å². The monoisotopic (exact) mass is 476 g/mol. The average molecular weight is 476 g/mol. The number of primary sulfonamides is 1. The van der Waals surface area contributed by atoms with Crippen LogP contribution in [0.3, 0.4) is 0 Å². The second-order valence-electron chi connectivity index (χ2n) is 7.83. The lowest BCUT2D eigenvalue weighted by atomic mass is 9.67. The molecule has 2 atom stereocenters. The standard InChI is InChI=1S/C19H17F5N4O3S/c20-18(21)11-4-12(18)9-28(8-11)16-15(5-10(7-26-16)19(22,23)24)17(29)27-13-2-1-3-14(6-13)32(25,30)31/h1-3,5-7,11-12H,4,8-9H2,(H,27,29)(H2,25,30,31)/t11-,12+. The van der Waals surface area contributed by atoms with Crippen molar-refractivity contribution in [1.82, 2.24) is 4.98 Å². The first-order chi connectivity index (χ1) is 14.8. The molecule has 0 spiro atoms. The maximum absolute atomic E-state index is 13.9. The van der Waals surface area contributed by atoms with Crippen LogP contribution in [0, 0.1) is 11.8 Å². The van der Waals surface area contributed by atoms with Crippen LogP contribution in [0.2, 0.25) is 0 Å². The molecule has 1 aliphatic carbocycles. The lowest BCUT2D eigenvalue weighted by Crippen LogP contribution is -2.63. The van der Waals surface area contributed by atoms with Crippen LogP contribution in [-0.2, 0) is 16.2 Å². The summed E-state index contributed by atoms with van der Waals surface area (Å²) in [6, 6.07) is 5.44. The molecular weight excluding hydrogens is 459 g/mol. The van der Waals surface area contributed by atoms with Gasteiger partial charge in [0.05, 0.1) is 16.0 Å². The first kappa shape index (κ1) is 22.4. The summed E-state index contributed by atoms with van der Waals surface area (Å²) in [5.74, 6) is -5.93. The Morgan fingerprint density at radius 2 is 1.84 bits per heavy atom. The number of carbonyl (C=O) groups excluding carboxylic acids is 1. The highest BCUT2D eigenvalue weighted by Crippen LogP contribution is 2.53. The van der Waals surface area contributed by atoms with Gasteiger partial charge in [-0.15, -0.1) is 0 Å². The van der Waals surface area contributed by atoms with Gasteiger partial charge in [0.1, 0.15) is 5.82 Å². The number of rotatable bonds is 4. The zero-order valence-corrected chi connectivity index (χ0v) is 17.1. The van der Waals surface area contributed by atoms with Gasteiger partial charge in [0.15, 0.2) is 0 Å². The van der Waals surface area contributed by atoms with Crippen molar-refractivity contribution < 1.29 is 35.2 Å². The van der Waals surface area contributed by atoms with Crippen molar-refractivity contribution in [1.29, 1.82) is 0 Å². The Balaban J connectivity index is 1.68. The molecule has 2 saturated heterocycles. The van der Waals surface area contributed by atoms with Gasteiger partial charge in [-0.05, 0) is 30.7 Å². The van der Waals surface area contributed by atoms with Crippen molar-refractivity contribution >= 4 is 27.4 Å². The Morgan fingerprint density at radius 3 is 2.41 bits per heavy atom. The minimum atomic E-state index is -4.79. The van der Waals surface area contributed by atoms with Gasteiger partial charge in [0, 0.05) is 36.8 Å². The highest BCUT2D eigenvalue weighted by atomic mass is 32.2. The molecule has 2 aromatic rings. The maximum atomic E-state index is 13.9. The van der Waals surface area contributed by atoms with Crippen LogP contribution in [0.4, 0.5) is 33.5 Å². The number of hydrogen-bond acceptors (Lipinski definition) is 5. The molecule has 1 aromatic heterocycles. The van der Waals surface area contributed by atoms with Crippen LogP contribution >= 0.6 is 0 Å². The number of sulfonamides is 1. The van der Waals surface area contributed by atoms with Crippen molar-refractivity contribution in [2.24, 2.45) is 17.0 Å². The number of anilines is 2. The van der Waals surface area contributed by atoms with Crippen LogP contribution in [-0.4, -0.2) is 38.3 Å². The molecule has 3 heterocycles. The maximum Gasteiger partial charge on any atom is 0.417 e. The Morgan fingerprint density at radius 1 is 1.19 bits per heavy atom. The summed E-state index contributed by atoms with van der Waals surface area (Å²) >= 11 is 0. The summed E-state index contributed by atoms with van der Waals surface area (Å²) in [6.07, 6.45) is -3.94. The van der Waals surface area contributed by atoms with E-state index in [4.69, 9.17) is 5.14 Å². The lowest BCUT2D eigenvalue weighted by molar-refractivity contribution is -0.194. The largest absolute Gasteiger partial charge is 0.417 e. The molecule has 3 aliphatic rings. The lowest BCUT2D eigenvalue weighted by Gasteiger charge is -2.53. The van der Waals surface area contributed by atoms with Gasteiger partial charge in [0.25, 0.3) is 11.8 Å². The predicted octanol–water partition coefficient (Wildman–Crippen LogP) is 3.09.